The van der Waals surface area contributed by atoms with Crippen LogP contribution in [-0.2, 0) is 6.54 Å². The second kappa shape index (κ2) is 9.60. The van der Waals surface area contributed by atoms with Gasteiger partial charge in [0.25, 0.3) is 0 Å². The third-order valence-electron chi connectivity index (χ3n) is 3.83. The molecule has 1 atom stereocenters. The molecule has 1 rings (SSSR count). The molecule has 0 aromatic heterocycles. The number of hydrogen-bond acceptors (Lipinski definition) is 2. The second-order valence-electron chi connectivity index (χ2n) is 6.54. The molecule has 0 aliphatic carbocycles. The van der Waals surface area contributed by atoms with Crippen molar-refractivity contribution in [1.82, 2.24) is 10.2 Å². The van der Waals surface area contributed by atoms with Gasteiger partial charge >= 0.3 is 0 Å². The van der Waals surface area contributed by atoms with Gasteiger partial charge in [-0.3, -0.25) is 0 Å². The summed E-state index contributed by atoms with van der Waals surface area (Å²) in [6.07, 6.45) is 3.72. The van der Waals surface area contributed by atoms with Gasteiger partial charge in [0.05, 0.1) is 0 Å². The van der Waals surface area contributed by atoms with Gasteiger partial charge in [0.2, 0.25) is 0 Å². The zero-order valence-corrected chi connectivity index (χ0v) is 15.7. The highest BCUT2D eigenvalue weighted by atomic mass is 79.9. The van der Waals surface area contributed by atoms with Crippen LogP contribution in [0.25, 0.3) is 0 Å². The fourth-order valence-corrected chi connectivity index (χ4v) is 3.50. The van der Waals surface area contributed by atoms with Crippen LogP contribution in [0.5, 0.6) is 0 Å². The van der Waals surface area contributed by atoms with E-state index in [1.165, 1.54) is 24.8 Å². The van der Waals surface area contributed by atoms with Crippen LogP contribution in [0.15, 0.2) is 28.7 Å². The van der Waals surface area contributed by atoms with Crippen molar-refractivity contribution in [2.75, 3.05) is 26.7 Å². The van der Waals surface area contributed by atoms with E-state index in [1.54, 1.807) is 0 Å². The molecule has 120 valence electrons. The van der Waals surface area contributed by atoms with Crippen LogP contribution in [0.1, 0.15) is 45.6 Å². The Morgan fingerprint density at radius 1 is 1.24 bits per heavy atom. The Bertz CT molecular complexity index is 408. The van der Waals surface area contributed by atoms with Crippen LogP contribution in [0.2, 0.25) is 0 Å². The number of hydrogen-bond donors (Lipinski definition) is 1. The minimum absolute atomic E-state index is 0.352. The van der Waals surface area contributed by atoms with Crippen molar-refractivity contribution in [3.8, 4) is 0 Å². The largest absolute Gasteiger partial charge is 0.316 e. The Hall–Kier alpha value is -0.380. The maximum Gasteiger partial charge on any atom is 0.0231 e. The summed E-state index contributed by atoms with van der Waals surface area (Å²) in [4.78, 5) is 2.45. The van der Waals surface area contributed by atoms with E-state index in [9.17, 15) is 0 Å². The number of benzene rings is 1. The molecule has 0 heterocycles. The molecule has 1 unspecified atom stereocenters. The first-order valence-corrected chi connectivity index (χ1v) is 8.92. The van der Waals surface area contributed by atoms with E-state index < -0.39 is 0 Å². The zero-order chi connectivity index (χ0) is 15.7. The monoisotopic (exact) mass is 354 g/mol. The number of nitrogens with zero attached hydrogens (tertiary/aromatic N) is 1. The van der Waals surface area contributed by atoms with Gasteiger partial charge in [0, 0.05) is 24.1 Å². The lowest BCUT2D eigenvalue weighted by atomic mass is 9.84. The Morgan fingerprint density at radius 2 is 2.00 bits per heavy atom. The molecule has 0 aliphatic heterocycles. The minimum atomic E-state index is 0.352. The second-order valence-corrected chi connectivity index (χ2v) is 7.46. The van der Waals surface area contributed by atoms with Crippen molar-refractivity contribution in [1.29, 1.82) is 0 Å². The summed E-state index contributed by atoms with van der Waals surface area (Å²) in [5.74, 6) is 0. The Balaban J connectivity index is 2.56. The van der Waals surface area contributed by atoms with Gasteiger partial charge in [-0.2, -0.15) is 0 Å². The standard InChI is InChI=1S/C18H31BrN2/c1-5-10-18(3,14-20-11-6-2)15-21(4)13-16-8-7-9-17(19)12-16/h7-9,12,20H,5-6,10-11,13-15H2,1-4H3. The lowest BCUT2D eigenvalue weighted by molar-refractivity contribution is 0.168. The number of nitrogens with one attached hydrogen (secondary N) is 1. The van der Waals surface area contributed by atoms with Gasteiger partial charge in [-0.15, -0.1) is 0 Å². The highest BCUT2D eigenvalue weighted by Crippen LogP contribution is 2.24. The molecule has 0 saturated carbocycles. The number of halogens is 1. The van der Waals surface area contributed by atoms with Crippen molar-refractivity contribution in [3.63, 3.8) is 0 Å². The first-order valence-electron chi connectivity index (χ1n) is 8.13. The predicted octanol–water partition coefficient (Wildman–Crippen LogP) is 4.69. The van der Waals surface area contributed by atoms with Gasteiger partial charge in [0.15, 0.2) is 0 Å². The molecule has 21 heavy (non-hydrogen) atoms. The maximum atomic E-state index is 3.60. The van der Waals surface area contributed by atoms with E-state index in [0.717, 1.165) is 30.7 Å². The highest BCUT2D eigenvalue weighted by Gasteiger charge is 2.24. The van der Waals surface area contributed by atoms with Crippen molar-refractivity contribution in [2.24, 2.45) is 5.41 Å². The summed E-state index contributed by atoms with van der Waals surface area (Å²) < 4.78 is 1.16. The lowest BCUT2D eigenvalue weighted by Crippen LogP contribution is -2.41. The zero-order valence-electron chi connectivity index (χ0n) is 14.1. The average Bonchev–Trinajstić information content (AvgIpc) is 2.38. The minimum Gasteiger partial charge on any atom is -0.316 e. The molecule has 0 aliphatic rings. The third kappa shape index (κ3) is 7.44. The predicted molar refractivity (Wildman–Crippen MR) is 96.7 cm³/mol. The summed E-state index contributed by atoms with van der Waals surface area (Å²) in [5, 5.41) is 3.60. The molecular formula is C18H31BrN2. The van der Waals surface area contributed by atoms with E-state index in [1.807, 2.05) is 0 Å². The van der Waals surface area contributed by atoms with E-state index in [2.05, 4.69) is 78.2 Å². The molecule has 3 heteroatoms. The topological polar surface area (TPSA) is 15.3 Å². The molecule has 1 aromatic carbocycles. The summed E-state index contributed by atoms with van der Waals surface area (Å²) in [7, 11) is 2.23. The first-order chi connectivity index (χ1) is 9.99. The molecule has 2 nitrogen and oxygen atoms in total. The van der Waals surface area contributed by atoms with E-state index in [4.69, 9.17) is 0 Å². The summed E-state index contributed by atoms with van der Waals surface area (Å²) >= 11 is 3.55. The smallest absolute Gasteiger partial charge is 0.0231 e. The summed E-state index contributed by atoms with van der Waals surface area (Å²) in [6.45, 7) is 11.3. The van der Waals surface area contributed by atoms with Crippen LogP contribution in [0.4, 0.5) is 0 Å². The van der Waals surface area contributed by atoms with Crippen molar-refractivity contribution >= 4 is 15.9 Å². The Morgan fingerprint density at radius 3 is 2.62 bits per heavy atom. The molecule has 0 amide bonds. The van der Waals surface area contributed by atoms with Gasteiger partial charge < -0.3 is 10.2 Å². The number of rotatable bonds is 10. The normalized spacial score (nSPS) is 14.4. The van der Waals surface area contributed by atoms with E-state index in [-0.39, 0.29) is 0 Å². The molecule has 0 spiro atoms. The quantitative estimate of drug-likeness (QED) is 0.613. The van der Waals surface area contributed by atoms with E-state index >= 15 is 0 Å². The fourth-order valence-electron chi connectivity index (χ4n) is 3.05. The van der Waals surface area contributed by atoms with Crippen LogP contribution < -0.4 is 5.32 Å². The van der Waals surface area contributed by atoms with Crippen LogP contribution in [-0.4, -0.2) is 31.6 Å². The fraction of sp³-hybridized carbons (Fsp3) is 0.667. The first kappa shape index (κ1) is 18.7. The Labute approximate surface area is 139 Å². The lowest BCUT2D eigenvalue weighted by Gasteiger charge is -2.34. The summed E-state index contributed by atoms with van der Waals surface area (Å²) in [6, 6.07) is 8.61. The molecule has 1 N–H and O–H groups in total. The van der Waals surface area contributed by atoms with Crippen LogP contribution in [0.3, 0.4) is 0 Å². The maximum absolute atomic E-state index is 3.60. The van der Waals surface area contributed by atoms with Gasteiger partial charge in [0.1, 0.15) is 0 Å². The SMILES string of the molecule is CCCNCC(C)(CCC)CN(C)Cc1cccc(Br)c1. The average molecular weight is 355 g/mol. The van der Waals surface area contributed by atoms with Crippen molar-refractivity contribution < 1.29 is 0 Å². The molecule has 0 radical (unpaired) electrons. The van der Waals surface area contributed by atoms with E-state index in [0.29, 0.717) is 5.41 Å². The van der Waals surface area contributed by atoms with Crippen LogP contribution in [0, 0.1) is 5.41 Å². The van der Waals surface area contributed by atoms with Gasteiger partial charge in [-0.25, -0.2) is 0 Å². The third-order valence-corrected chi connectivity index (χ3v) is 4.32. The molecule has 0 saturated heterocycles. The molecule has 1 aromatic rings. The molecule has 0 bridgehead atoms. The van der Waals surface area contributed by atoms with Crippen LogP contribution >= 0.6 is 15.9 Å². The van der Waals surface area contributed by atoms with Crippen molar-refractivity contribution in [2.45, 2.75) is 46.6 Å². The molecule has 0 fully saturated rings. The van der Waals surface area contributed by atoms with Gasteiger partial charge in [-0.1, -0.05) is 55.3 Å². The summed E-state index contributed by atoms with van der Waals surface area (Å²) in [5.41, 5.74) is 1.72. The molecular weight excluding hydrogens is 324 g/mol. The Kier molecular flexibility index (Phi) is 8.53. The highest BCUT2D eigenvalue weighted by molar-refractivity contribution is 9.10. The van der Waals surface area contributed by atoms with Crippen molar-refractivity contribution in [3.05, 3.63) is 34.3 Å². The van der Waals surface area contributed by atoms with Gasteiger partial charge in [-0.05, 0) is 49.5 Å².